The molecule has 2 aromatic rings. The normalized spacial score (nSPS) is 23.8. The number of aromatic nitrogens is 4. The summed E-state index contributed by atoms with van der Waals surface area (Å²) in [7, 11) is 0. The minimum absolute atomic E-state index is 0.0499. The molecule has 8 heteroatoms. The average molecular weight is 356 g/mol. The summed E-state index contributed by atoms with van der Waals surface area (Å²) in [4.78, 5) is 19.0. The molecule has 4 rings (SSSR count). The number of nitrogens with zero attached hydrogens (tertiary/aromatic N) is 5. The van der Waals surface area contributed by atoms with Crippen LogP contribution in [0.4, 0.5) is 0 Å². The van der Waals surface area contributed by atoms with Crippen LogP contribution < -0.4 is 5.32 Å². The van der Waals surface area contributed by atoms with E-state index in [1.54, 1.807) is 13.1 Å². The van der Waals surface area contributed by atoms with Crippen molar-refractivity contribution in [1.29, 1.82) is 0 Å². The largest absolute Gasteiger partial charge is 0.438 e. The molecule has 2 aliphatic rings. The number of hydrogen-bond acceptors (Lipinski definition) is 6. The molecule has 1 aliphatic heterocycles. The van der Waals surface area contributed by atoms with Gasteiger partial charge in [0.25, 0.3) is 5.91 Å². The Bertz CT molecular complexity index is 781. The van der Waals surface area contributed by atoms with Crippen LogP contribution in [0.1, 0.15) is 48.0 Å². The summed E-state index contributed by atoms with van der Waals surface area (Å²) < 4.78 is 7.07. The number of nitrogens with one attached hydrogen (secondary N) is 1. The molecule has 8 nitrogen and oxygen atoms in total. The van der Waals surface area contributed by atoms with Crippen LogP contribution in [0.25, 0.3) is 0 Å². The SMILES string of the molecule is Cc1ncoc1C(=O)N[C@@H]1CN(CC2=CCCCC2)C[C@@H]1n1ccnn1. The summed E-state index contributed by atoms with van der Waals surface area (Å²) in [5.41, 5.74) is 2.11. The number of carbonyl (C=O) groups is 1. The first-order valence-electron chi connectivity index (χ1n) is 9.17. The van der Waals surface area contributed by atoms with Crippen LogP contribution in [0.2, 0.25) is 0 Å². The van der Waals surface area contributed by atoms with Crippen molar-refractivity contribution in [3.05, 3.63) is 41.9 Å². The van der Waals surface area contributed by atoms with Gasteiger partial charge in [0, 0.05) is 25.8 Å². The Morgan fingerprint density at radius 1 is 1.38 bits per heavy atom. The maximum Gasteiger partial charge on any atom is 0.289 e. The molecule has 1 amide bonds. The Kier molecular flexibility index (Phi) is 4.83. The van der Waals surface area contributed by atoms with Crippen LogP contribution in [0.3, 0.4) is 0 Å². The molecule has 1 aliphatic carbocycles. The van der Waals surface area contributed by atoms with E-state index >= 15 is 0 Å². The molecule has 0 radical (unpaired) electrons. The van der Waals surface area contributed by atoms with Crippen LogP contribution in [0, 0.1) is 6.92 Å². The van der Waals surface area contributed by atoms with E-state index in [1.165, 1.54) is 37.7 Å². The number of likely N-dealkylation sites (tertiary alicyclic amines) is 1. The minimum Gasteiger partial charge on any atom is -0.438 e. The van der Waals surface area contributed by atoms with E-state index in [9.17, 15) is 4.79 Å². The molecule has 1 fully saturated rings. The highest BCUT2D eigenvalue weighted by molar-refractivity contribution is 5.92. The molecule has 0 spiro atoms. The molecule has 0 unspecified atom stereocenters. The highest BCUT2D eigenvalue weighted by Crippen LogP contribution is 2.25. The van der Waals surface area contributed by atoms with Gasteiger partial charge in [0.2, 0.25) is 5.76 Å². The molecule has 1 saturated heterocycles. The predicted molar refractivity (Wildman–Crippen MR) is 94.5 cm³/mol. The topological polar surface area (TPSA) is 89.1 Å². The smallest absolute Gasteiger partial charge is 0.289 e. The second kappa shape index (κ2) is 7.41. The zero-order chi connectivity index (χ0) is 17.9. The van der Waals surface area contributed by atoms with E-state index in [2.05, 4.69) is 31.6 Å². The molecule has 2 atom stereocenters. The third-order valence-electron chi connectivity index (χ3n) is 5.23. The molecule has 138 valence electrons. The Balaban J connectivity index is 1.48. The molecular formula is C18H24N6O2. The summed E-state index contributed by atoms with van der Waals surface area (Å²) >= 11 is 0. The Morgan fingerprint density at radius 3 is 3.00 bits per heavy atom. The van der Waals surface area contributed by atoms with Crippen LogP contribution in [0.15, 0.2) is 34.9 Å². The number of amides is 1. The first-order valence-corrected chi connectivity index (χ1v) is 9.17. The van der Waals surface area contributed by atoms with Gasteiger partial charge in [-0.3, -0.25) is 9.69 Å². The second-order valence-electron chi connectivity index (χ2n) is 7.10. The Morgan fingerprint density at radius 2 is 2.31 bits per heavy atom. The van der Waals surface area contributed by atoms with Gasteiger partial charge in [0.1, 0.15) is 0 Å². The van der Waals surface area contributed by atoms with Gasteiger partial charge in [-0.1, -0.05) is 16.9 Å². The van der Waals surface area contributed by atoms with E-state index in [1.807, 2.05) is 10.9 Å². The first-order chi connectivity index (χ1) is 12.7. The Hall–Kier alpha value is -2.48. The third-order valence-corrected chi connectivity index (χ3v) is 5.23. The van der Waals surface area contributed by atoms with Crippen molar-refractivity contribution in [1.82, 2.24) is 30.2 Å². The monoisotopic (exact) mass is 356 g/mol. The van der Waals surface area contributed by atoms with Crippen molar-refractivity contribution in [3.8, 4) is 0 Å². The van der Waals surface area contributed by atoms with Gasteiger partial charge in [-0.25, -0.2) is 9.67 Å². The highest BCUT2D eigenvalue weighted by Gasteiger charge is 2.36. The zero-order valence-corrected chi connectivity index (χ0v) is 15.0. The minimum atomic E-state index is -0.228. The fraction of sp³-hybridized carbons (Fsp3) is 0.556. The standard InChI is InChI=1S/C18H24N6O2/c1-13-17(26-12-19-13)18(25)21-15-10-23(9-14-5-3-2-4-6-14)11-16(15)24-8-7-20-22-24/h5,7-8,12,15-16H,2-4,6,9-11H2,1H3,(H,21,25)/t15-,16+/m1/s1. The number of carbonyl (C=O) groups excluding carboxylic acids is 1. The quantitative estimate of drug-likeness (QED) is 0.821. The van der Waals surface area contributed by atoms with Crippen molar-refractivity contribution >= 4 is 5.91 Å². The number of allylic oxidation sites excluding steroid dienone is 1. The van der Waals surface area contributed by atoms with Gasteiger partial charge >= 0.3 is 0 Å². The number of hydrogen-bond donors (Lipinski definition) is 1. The lowest BCUT2D eigenvalue weighted by molar-refractivity contribution is 0.0900. The summed E-state index contributed by atoms with van der Waals surface area (Å²) in [5, 5.41) is 11.2. The maximum absolute atomic E-state index is 12.6. The summed E-state index contributed by atoms with van der Waals surface area (Å²) in [6, 6.07) is -0.00763. The number of aryl methyl sites for hydroxylation is 1. The van der Waals surface area contributed by atoms with E-state index in [-0.39, 0.29) is 23.8 Å². The Labute approximate surface area is 152 Å². The lowest BCUT2D eigenvalue weighted by atomic mass is 9.99. The van der Waals surface area contributed by atoms with Gasteiger partial charge in [-0.05, 0) is 32.6 Å². The van der Waals surface area contributed by atoms with Gasteiger partial charge < -0.3 is 9.73 Å². The average Bonchev–Trinajstić information content (AvgIpc) is 3.37. The van der Waals surface area contributed by atoms with Crippen molar-refractivity contribution in [2.75, 3.05) is 19.6 Å². The molecule has 0 bridgehead atoms. The highest BCUT2D eigenvalue weighted by atomic mass is 16.3. The van der Waals surface area contributed by atoms with Crippen LogP contribution >= 0.6 is 0 Å². The number of oxazole rings is 1. The maximum atomic E-state index is 12.6. The summed E-state index contributed by atoms with van der Waals surface area (Å²) in [5.74, 6) is 0.0460. The van der Waals surface area contributed by atoms with E-state index < -0.39 is 0 Å². The van der Waals surface area contributed by atoms with Gasteiger partial charge in [0.15, 0.2) is 6.39 Å². The fourth-order valence-electron chi connectivity index (χ4n) is 3.89. The van der Waals surface area contributed by atoms with Gasteiger partial charge in [0.05, 0.1) is 24.0 Å². The van der Waals surface area contributed by atoms with Crippen molar-refractivity contribution in [3.63, 3.8) is 0 Å². The summed E-state index contributed by atoms with van der Waals surface area (Å²) in [6.45, 7) is 4.34. The predicted octanol–water partition coefficient (Wildman–Crippen LogP) is 1.73. The number of rotatable bonds is 5. The molecule has 1 N–H and O–H groups in total. The van der Waals surface area contributed by atoms with Crippen LogP contribution in [-0.2, 0) is 0 Å². The van der Waals surface area contributed by atoms with Crippen molar-refractivity contribution in [2.24, 2.45) is 0 Å². The van der Waals surface area contributed by atoms with Crippen molar-refractivity contribution in [2.45, 2.75) is 44.7 Å². The molecular weight excluding hydrogens is 332 g/mol. The van der Waals surface area contributed by atoms with E-state index in [4.69, 9.17) is 4.42 Å². The second-order valence-corrected chi connectivity index (χ2v) is 7.10. The van der Waals surface area contributed by atoms with E-state index in [0.717, 1.165) is 19.6 Å². The fourth-order valence-corrected chi connectivity index (χ4v) is 3.89. The van der Waals surface area contributed by atoms with E-state index in [0.29, 0.717) is 5.69 Å². The molecule has 0 saturated carbocycles. The van der Waals surface area contributed by atoms with Gasteiger partial charge in [-0.2, -0.15) is 0 Å². The molecule has 2 aromatic heterocycles. The van der Waals surface area contributed by atoms with Crippen LogP contribution in [0.5, 0.6) is 0 Å². The van der Waals surface area contributed by atoms with Crippen LogP contribution in [-0.4, -0.2) is 56.5 Å². The van der Waals surface area contributed by atoms with Crippen molar-refractivity contribution < 1.29 is 9.21 Å². The lowest BCUT2D eigenvalue weighted by Crippen LogP contribution is -2.41. The molecule has 0 aromatic carbocycles. The van der Waals surface area contributed by atoms with Gasteiger partial charge in [-0.15, -0.1) is 5.10 Å². The first kappa shape index (κ1) is 17.0. The molecule has 3 heterocycles. The lowest BCUT2D eigenvalue weighted by Gasteiger charge is -2.20. The zero-order valence-electron chi connectivity index (χ0n) is 15.0. The summed E-state index contributed by atoms with van der Waals surface area (Å²) in [6.07, 6.45) is 12.1. The third kappa shape index (κ3) is 3.55. The molecule has 26 heavy (non-hydrogen) atoms.